The summed E-state index contributed by atoms with van der Waals surface area (Å²) in [6.07, 6.45) is 7.53. The van der Waals surface area contributed by atoms with E-state index < -0.39 is 0 Å². The van der Waals surface area contributed by atoms with Gasteiger partial charge in [0.2, 0.25) is 0 Å². The standard InChI is InChI=1S/C16H24O2/c1-4-16(18-15(17)10(2)3)13-6-11-5-12(8-13)9-14(16)7-11/h11-14H,2,4-9H2,1,3H3. The van der Waals surface area contributed by atoms with Crippen molar-refractivity contribution in [2.45, 2.75) is 58.0 Å². The summed E-state index contributed by atoms with van der Waals surface area (Å²) < 4.78 is 5.99. The number of hydrogen-bond donors (Lipinski definition) is 0. The van der Waals surface area contributed by atoms with E-state index in [4.69, 9.17) is 4.74 Å². The molecule has 4 bridgehead atoms. The first-order valence-corrected chi connectivity index (χ1v) is 7.44. The molecule has 18 heavy (non-hydrogen) atoms. The van der Waals surface area contributed by atoms with Crippen molar-refractivity contribution in [3.63, 3.8) is 0 Å². The largest absolute Gasteiger partial charge is 0.455 e. The van der Waals surface area contributed by atoms with Gasteiger partial charge in [-0.05, 0) is 69.1 Å². The normalized spacial score (nSPS) is 45.0. The van der Waals surface area contributed by atoms with E-state index in [1.54, 1.807) is 6.92 Å². The van der Waals surface area contributed by atoms with Gasteiger partial charge in [0.05, 0.1) is 0 Å². The first-order valence-electron chi connectivity index (χ1n) is 7.44. The summed E-state index contributed by atoms with van der Waals surface area (Å²) in [6, 6.07) is 0. The molecular weight excluding hydrogens is 224 g/mol. The highest BCUT2D eigenvalue weighted by atomic mass is 16.6. The van der Waals surface area contributed by atoms with Crippen molar-refractivity contribution in [2.24, 2.45) is 23.7 Å². The highest BCUT2D eigenvalue weighted by molar-refractivity contribution is 5.87. The van der Waals surface area contributed by atoms with Gasteiger partial charge in [0.1, 0.15) is 5.60 Å². The number of carbonyl (C=O) groups excluding carboxylic acids is 1. The highest BCUT2D eigenvalue weighted by Crippen LogP contribution is 2.60. The van der Waals surface area contributed by atoms with Crippen LogP contribution in [0.4, 0.5) is 0 Å². The van der Waals surface area contributed by atoms with Crippen LogP contribution in [-0.2, 0) is 9.53 Å². The predicted molar refractivity (Wildman–Crippen MR) is 71.0 cm³/mol. The molecule has 0 aromatic heterocycles. The van der Waals surface area contributed by atoms with Crippen LogP contribution in [0.2, 0.25) is 0 Å². The van der Waals surface area contributed by atoms with Gasteiger partial charge in [-0.3, -0.25) is 0 Å². The Morgan fingerprint density at radius 2 is 1.67 bits per heavy atom. The molecule has 0 N–H and O–H groups in total. The van der Waals surface area contributed by atoms with Crippen molar-refractivity contribution >= 4 is 5.97 Å². The molecule has 4 aliphatic rings. The average Bonchev–Trinajstić information content (AvgIpc) is 2.32. The van der Waals surface area contributed by atoms with Gasteiger partial charge >= 0.3 is 5.97 Å². The van der Waals surface area contributed by atoms with Crippen molar-refractivity contribution in [1.29, 1.82) is 0 Å². The van der Waals surface area contributed by atoms with Gasteiger partial charge < -0.3 is 4.74 Å². The van der Waals surface area contributed by atoms with Gasteiger partial charge in [0.15, 0.2) is 0 Å². The van der Waals surface area contributed by atoms with E-state index in [-0.39, 0.29) is 11.6 Å². The van der Waals surface area contributed by atoms with Gasteiger partial charge in [-0.25, -0.2) is 4.79 Å². The molecule has 4 aliphatic carbocycles. The molecule has 0 aromatic carbocycles. The third kappa shape index (κ3) is 1.64. The summed E-state index contributed by atoms with van der Waals surface area (Å²) in [7, 11) is 0. The quantitative estimate of drug-likeness (QED) is 0.562. The molecule has 4 saturated carbocycles. The Morgan fingerprint density at radius 3 is 2.06 bits per heavy atom. The van der Waals surface area contributed by atoms with E-state index >= 15 is 0 Å². The Labute approximate surface area is 110 Å². The molecule has 0 heterocycles. The van der Waals surface area contributed by atoms with Crippen LogP contribution in [0.25, 0.3) is 0 Å². The molecule has 0 aromatic rings. The van der Waals surface area contributed by atoms with E-state index in [0.29, 0.717) is 17.4 Å². The maximum atomic E-state index is 12.0. The van der Waals surface area contributed by atoms with Crippen molar-refractivity contribution in [1.82, 2.24) is 0 Å². The van der Waals surface area contributed by atoms with Crippen molar-refractivity contribution < 1.29 is 9.53 Å². The minimum absolute atomic E-state index is 0.163. The highest BCUT2D eigenvalue weighted by Gasteiger charge is 2.58. The first kappa shape index (κ1) is 12.3. The van der Waals surface area contributed by atoms with Crippen molar-refractivity contribution in [2.75, 3.05) is 0 Å². The predicted octanol–water partition coefficient (Wildman–Crippen LogP) is 3.71. The molecule has 0 unspecified atom stereocenters. The van der Waals surface area contributed by atoms with Gasteiger partial charge in [-0.1, -0.05) is 13.5 Å². The Morgan fingerprint density at radius 1 is 1.17 bits per heavy atom. The summed E-state index contributed by atoms with van der Waals surface area (Å²) in [5, 5.41) is 0. The number of rotatable bonds is 3. The lowest BCUT2D eigenvalue weighted by atomic mass is 9.49. The summed E-state index contributed by atoms with van der Waals surface area (Å²) in [5.41, 5.74) is 0.375. The zero-order valence-corrected chi connectivity index (χ0v) is 11.6. The van der Waals surface area contributed by atoms with Crippen LogP contribution >= 0.6 is 0 Å². The summed E-state index contributed by atoms with van der Waals surface area (Å²) in [6.45, 7) is 7.67. The Balaban J connectivity index is 1.87. The fraction of sp³-hybridized carbons (Fsp3) is 0.812. The molecule has 0 amide bonds. The lowest BCUT2D eigenvalue weighted by Crippen LogP contribution is -2.59. The molecule has 0 radical (unpaired) electrons. The average molecular weight is 248 g/mol. The number of esters is 1. The lowest BCUT2D eigenvalue weighted by Gasteiger charge is -2.60. The van der Waals surface area contributed by atoms with E-state index in [2.05, 4.69) is 13.5 Å². The SMILES string of the molecule is C=C(C)C(=O)OC1(CC)C2CC3CC(C2)CC1C3. The first-order chi connectivity index (χ1) is 8.55. The van der Waals surface area contributed by atoms with E-state index in [1.165, 1.54) is 32.1 Å². The molecule has 2 heteroatoms. The smallest absolute Gasteiger partial charge is 0.333 e. The minimum Gasteiger partial charge on any atom is -0.455 e. The number of hydrogen-bond acceptors (Lipinski definition) is 2. The molecule has 0 atom stereocenters. The van der Waals surface area contributed by atoms with Crippen LogP contribution in [0.5, 0.6) is 0 Å². The van der Waals surface area contributed by atoms with Crippen LogP contribution < -0.4 is 0 Å². The molecule has 0 aliphatic heterocycles. The van der Waals surface area contributed by atoms with Crippen molar-refractivity contribution in [3.05, 3.63) is 12.2 Å². The van der Waals surface area contributed by atoms with E-state index in [9.17, 15) is 4.79 Å². The van der Waals surface area contributed by atoms with E-state index in [1.807, 2.05) is 0 Å². The van der Waals surface area contributed by atoms with E-state index in [0.717, 1.165) is 18.3 Å². The zero-order chi connectivity index (χ0) is 12.9. The molecule has 4 fully saturated rings. The Bertz CT molecular complexity index is 355. The fourth-order valence-corrected chi connectivity index (χ4v) is 5.06. The third-order valence-electron chi connectivity index (χ3n) is 5.70. The van der Waals surface area contributed by atoms with Gasteiger partial charge in [-0.2, -0.15) is 0 Å². The number of carbonyl (C=O) groups is 1. The summed E-state index contributed by atoms with van der Waals surface area (Å²) in [4.78, 5) is 12.0. The van der Waals surface area contributed by atoms with Crippen molar-refractivity contribution in [3.8, 4) is 0 Å². The summed E-state index contributed by atoms with van der Waals surface area (Å²) >= 11 is 0. The second-order valence-electron chi connectivity index (χ2n) is 6.78. The topological polar surface area (TPSA) is 26.3 Å². The lowest BCUT2D eigenvalue weighted by molar-refractivity contribution is -0.207. The second kappa shape index (κ2) is 4.11. The zero-order valence-electron chi connectivity index (χ0n) is 11.6. The monoisotopic (exact) mass is 248 g/mol. The van der Waals surface area contributed by atoms with Gasteiger partial charge in [0, 0.05) is 5.57 Å². The second-order valence-corrected chi connectivity index (χ2v) is 6.78. The molecule has 0 spiro atoms. The van der Waals surface area contributed by atoms with Gasteiger partial charge in [-0.15, -0.1) is 0 Å². The summed E-state index contributed by atoms with van der Waals surface area (Å²) in [5.74, 6) is 2.87. The Hall–Kier alpha value is -0.790. The molecule has 2 nitrogen and oxygen atoms in total. The fourth-order valence-electron chi connectivity index (χ4n) is 5.06. The molecule has 0 saturated heterocycles. The number of ether oxygens (including phenoxy) is 1. The maximum Gasteiger partial charge on any atom is 0.333 e. The molecule has 4 rings (SSSR count). The van der Waals surface area contributed by atoms with Crippen LogP contribution in [-0.4, -0.2) is 11.6 Å². The van der Waals surface area contributed by atoms with Crippen LogP contribution in [0.15, 0.2) is 12.2 Å². The minimum atomic E-state index is -0.177. The third-order valence-corrected chi connectivity index (χ3v) is 5.70. The van der Waals surface area contributed by atoms with Crippen LogP contribution in [0, 0.1) is 23.7 Å². The molecule has 100 valence electrons. The van der Waals surface area contributed by atoms with Crippen LogP contribution in [0.3, 0.4) is 0 Å². The Kier molecular flexibility index (Phi) is 2.80. The molecular formula is C16H24O2. The van der Waals surface area contributed by atoms with Gasteiger partial charge in [0.25, 0.3) is 0 Å². The van der Waals surface area contributed by atoms with Crippen LogP contribution in [0.1, 0.15) is 52.4 Å². The maximum absolute atomic E-state index is 12.0.